The minimum atomic E-state index is -0.702. The fourth-order valence-electron chi connectivity index (χ4n) is 4.50. The number of nitrogens with zero attached hydrogens (tertiary/aromatic N) is 6. The van der Waals surface area contributed by atoms with E-state index < -0.39 is 23.8 Å². The average molecular weight is 574 g/mol. The molecule has 0 bridgehead atoms. The maximum atomic E-state index is 15.0. The minimum Gasteiger partial charge on any atom is -0.464 e. The Labute approximate surface area is 240 Å². The van der Waals surface area contributed by atoms with Gasteiger partial charge >= 0.3 is 12.1 Å². The lowest BCUT2D eigenvalue weighted by Crippen LogP contribution is -2.36. The summed E-state index contributed by atoms with van der Waals surface area (Å²) in [6.45, 7) is 3.85. The summed E-state index contributed by atoms with van der Waals surface area (Å²) in [5.74, 6) is -1.35. The number of fused-ring (bicyclic) bond motifs is 1. The van der Waals surface area contributed by atoms with Crippen LogP contribution >= 0.6 is 0 Å². The highest BCUT2D eigenvalue weighted by Crippen LogP contribution is 2.25. The smallest absolute Gasteiger partial charge is 0.410 e. The van der Waals surface area contributed by atoms with E-state index in [0.29, 0.717) is 30.0 Å². The van der Waals surface area contributed by atoms with E-state index >= 15 is 4.39 Å². The number of aromatic nitrogens is 5. The minimum absolute atomic E-state index is 0.0591. The Kier molecular flexibility index (Phi) is 8.46. The van der Waals surface area contributed by atoms with E-state index in [1.54, 1.807) is 25.1 Å². The van der Waals surface area contributed by atoms with Crippen LogP contribution in [0.1, 0.15) is 46.9 Å². The van der Waals surface area contributed by atoms with E-state index in [1.807, 2.05) is 30.3 Å². The number of amides is 2. The maximum absolute atomic E-state index is 15.0. The molecule has 2 aromatic heterocycles. The highest BCUT2D eigenvalue weighted by atomic mass is 19.1. The number of nitrogens with one attached hydrogen (secondary N) is 1. The average Bonchev–Trinajstić information content (AvgIpc) is 3.49. The van der Waals surface area contributed by atoms with Gasteiger partial charge in [0.1, 0.15) is 30.5 Å². The third-order valence-corrected chi connectivity index (χ3v) is 6.67. The first kappa shape index (κ1) is 28.3. The van der Waals surface area contributed by atoms with E-state index in [0.717, 1.165) is 11.1 Å². The fraction of sp³-hybridized carbons (Fsp3) is 0.276. The van der Waals surface area contributed by atoms with E-state index in [4.69, 9.17) is 9.47 Å². The molecule has 216 valence electrons. The molecule has 3 heterocycles. The molecular weight excluding hydrogens is 545 g/mol. The fourth-order valence-corrected chi connectivity index (χ4v) is 4.50. The number of carbonyl (C=O) groups excluding carboxylic acids is 3. The molecule has 2 amide bonds. The topological polar surface area (TPSA) is 141 Å². The molecule has 4 aromatic rings. The van der Waals surface area contributed by atoms with Gasteiger partial charge in [0, 0.05) is 20.0 Å². The molecular formula is C29H28FN7O5. The monoisotopic (exact) mass is 573 g/mol. The van der Waals surface area contributed by atoms with Gasteiger partial charge in [-0.3, -0.25) is 9.59 Å². The molecule has 1 aliphatic rings. The van der Waals surface area contributed by atoms with Gasteiger partial charge in [0.05, 0.1) is 11.6 Å². The first-order valence-electron chi connectivity index (χ1n) is 13.3. The largest absolute Gasteiger partial charge is 0.464 e. The summed E-state index contributed by atoms with van der Waals surface area (Å²) in [5.41, 5.74) is 2.43. The van der Waals surface area contributed by atoms with Crippen molar-refractivity contribution >= 4 is 23.8 Å². The Morgan fingerprint density at radius 1 is 1.05 bits per heavy atom. The van der Waals surface area contributed by atoms with Crippen LogP contribution in [0.25, 0.3) is 11.5 Å². The summed E-state index contributed by atoms with van der Waals surface area (Å²) in [4.78, 5) is 42.9. The highest BCUT2D eigenvalue weighted by molar-refractivity contribution is 6.04. The predicted octanol–water partition coefficient (Wildman–Crippen LogP) is 3.95. The van der Waals surface area contributed by atoms with E-state index in [2.05, 4.69) is 25.8 Å². The molecule has 1 N–H and O–H groups in total. The number of anilines is 1. The summed E-state index contributed by atoms with van der Waals surface area (Å²) in [7, 11) is 0. The summed E-state index contributed by atoms with van der Waals surface area (Å²) < 4.78 is 27.0. The lowest BCUT2D eigenvalue weighted by Gasteiger charge is -2.28. The van der Waals surface area contributed by atoms with Crippen molar-refractivity contribution in [3.05, 3.63) is 88.7 Å². The van der Waals surface area contributed by atoms with Gasteiger partial charge in [-0.1, -0.05) is 36.4 Å². The Hall–Kier alpha value is -5.20. The second-order valence-electron chi connectivity index (χ2n) is 9.77. The Balaban J connectivity index is 1.27. The molecule has 0 saturated heterocycles. The lowest BCUT2D eigenvalue weighted by molar-refractivity contribution is -0.142. The third kappa shape index (κ3) is 6.57. The van der Waals surface area contributed by atoms with Crippen molar-refractivity contribution < 1.29 is 28.2 Å². The van der Waals surface area contributed by atoms with Crippen LogP contribution in [0.3, 0.4) is 0 Å². The number of halogens is 1. The quantitative estimate of drug-likeness (QED) is 0.310. The van der Waals surface area contributed by atoms with E-state index in [-0.39, 0.29) is 37.2 Å². The molecule has 5 rings (SSSR count). The van der Waals surface area contributed by atoms with Crippen molar-refractivity contribution in [1.29, 1.82) is 0 Å². The second kappa shape index (κ2) is 12.5. The third-order valence-electron chi connectivity index (χ3n) is 6.67. The molecule has 0 saturated carbocycles. The van der Waals surface area contributed by atoms with Crippen molar-refractivity contribution in [2.24, 2.45) is 0 Å². The van der Waals surface area contributed by atoms with Crippen LogP contribution in [0, 0.1) is 5.82 Å². The van der Waals surface area contributed by atoms with Gasteiger partial charge in [0.2, 0.25) is 5.82 Å². The predicted molar refractivity (Wildman–Crippen MR) is 147 cm³/mol. The number of esters is 1. The van der Waals surface area contributed by atoms with Crippen molar-refractivity contribution in [3.8, 4) is 11.5 Å². The summed E-state index contributed by atoms with van der Waals surface area (Å²) in [5, 5.41) is 14.3. The lowest BCUT2D eigenvalue weighted by atomic mass is 9.97. The van der Waals surface area contributed by atoms with Gasteiger partial charge in [0.25, 0.3) is 5.91 Å². The van der Waals surface area contributed by atoms with Gasteiger partial charge in [-0.25, -0.2) is 18.9 Å². The van der Waals surface area contributed by atoms with Gasteiger partial charge in [-0.05, 0) is 64.7 Å². The molecule has 13 heteroatoms. The summed E-state index contributed by atoms with van der Waals surface area (Å²) in [6.07, 6.45) is -0.0478. The summed E-state index contributed by atoms with van der Waals surface area (Å²) >= 11 is 0. The second-order valence-corrected chi connectivity index (χ2v) is 9.77. The number of rotatable bonds is 8. The molecule has 42 heavy (non-hydrogen) atoms. The molecule has 1 atom stereocenters. The molecule has 0 unspecified atom stereocenters. The first-order chi connectivity index (χ1) is 20.3. The summed E-state index contributed by atoms with van der Waals surface area (Å²) in [6, 6.07) is 16.6. The molecule has 2 aromatic carbocycles. The van der Waals surface area contributed by atoms with Crippen LogP contribution < -0.4 is 5.32 Å². The zero-order valence-corrected chi connectivity index (χ0v) is 23.0. The zero-order valence-electron chi connectivity index (χ0n) is 23.0. The van der Waals surface area contributed by atoms with Crippen LogP contribution in [-0.4, -0.2) is 61.2 Å². The van der Waals surface area contributed by atoms with Crippen molar-refractivity contribution in [1.82, 2.24) is 30.1 Å². The van der Waals surface area contributed by atoms with Gasteiger partial charge in [-0.15, -0.1) is 5.10 Å². The molecule has 0 fully saturated rings. The molecule has 12 nitrogen and oxygen atoms in total. The molecule has 1 aliphatic heterocycles. The Morgan fingerprint density at radius 3 is 2.64 bits per heavy atom. The number of tetrazole rings is 1. The Bertz CT molecular complexity index is 1610. The normalized spacial score (nSPS) is 13.2. The van der Waals surface area contributed by atoms with Crippen molar-refractivity contribution in [2.45, 2.75) is 39.5 Å². The molecule has 0 spiro atoms. The van der Waals surface area contributed by atoms with Crippen LogP contribution in [0.2, 0.25) is 0 Å². The Morgan fingerprint density at radius 2 is 1.86 bits per heavy atom. The van der Waals surface area contributed by atoms with Crippen LogP contribution in [0.4, 0.5) is 15.0 Å². The number of ether oxygens (including phenoxy) is 2. The van der Waals surface area contributed by atoms with E-state index in [1.165, 1.54) is 28.6 Å². The molecule has 0 aliphatic carbocycles. The number of hydrogen-bond donors (Lipinski definition) is 1. The maximum Gasteiger partial charge on any atom is 0.410 e. The number of benzene rings is 2. The highest BCUT2D eigenvalue weighted by Gasteiger charge is 2.25. The number of hydrogen-bond acceptors (Lipinski definition) is 9. The van der Waals surface area contributed by atoms with Crippen molar-refractivity contribution in [2.75, 3.05) is 18.5 Å². The number of carbonyl (C=O) groups is 3. The van der Waals surface area contributed by atoms with Crippen molar-refractivity contribution in [3.63, 3.8) is 0 Å². The van der Waals surface area contributed by atoms with Crippen LogP contribution in [0.5, 0.6) is 0 Å². The van der Waals surface area contributed by atoms with Gasteiger partial charge in [0.15, 0.2) is 0 Å². The van der Waals surface area contributed by atoms with Gasteiger partial charge < -0.3 is 19.7 Å². The first-order valence-corrected chi connectivity index (χ1v) is 13.3. The SMILES string of the molecule is CC(=O)OC[C@@H](C)n1nnnc1-c1cccc(NC(=O)c2cc3c(cc2F)CCN(C(=O)OCc2ccccc2)C3)n1. The van der Waals surface area contributed by atoms with Crippen LogP contribution in [-0.2, 0) is 33.8 Å². The number of pyridine rings is 1. The zero-order chi connectivity index (χ0) is 29.6. The van der Waals surface area contributed by atoms with E-state index in [9.17, 15) is 14.4 Å². The van der Waals surface area contributed by atoms with Crippen LogP contribution in [0.15, 0.2) is 60.7 Å². The molecule has 0 radical (unpaired) electrons. The van der Waals surface area contributed by atoms with Gasteiger partial charge in [-0.2, -0.15) is 0 Å². The standard InChI is InChI=1S/C29H28FN7O5/c1-18(16-41-19(2)38)37-27(33-34-35-37)25-9-6-10-26(31-25)32-28(39)23-13-22-15-36(12-11-21(22)14-24(23)30)29(40)42-17-20-7-4-3-5-8-20/h3-10,13-14,18H,11-12,15-17H2,1-2H3,(H,31,32,39)/t18-/m1/s1.